The number of halogens is 4. The molecular weight excluding hydrogens is 259 g/mol. The van der Waals surface area contributed by atoms with Gasteiger partial charge in [0.1, 0.15) is 5.15 Å². The Morgan fingerprint density at radius 1 is 1.36 bits per heavy atom. The summed E-state index contributed by atoms with van der Waals surface area (Å²) in [5.41, 5.74) is -0.760. The van der Waals surface area contributed by atoms with Crippen molar-refractivity contribution in [3.05, 3.63) is 22.8 Å². The molecule has 78 valence electrons. The van der Waals surface area contributed by atoms with Gasteiger partial charge in [0.25, 0.3) is 15.5 Å². The topological polar surface area (TPSA) is 47.0 Å². The van der Waals surface area contributed by atoms with Crippen LogP contribution in [0, 0.1) is 0 Å². The van der Waals surface area contributed by atoms with Gasteiger partial charge < -0.3 is 0 Å². The van der Waals surface area contributed by atoms with Gasteiger partial charge in [-0.05, 0) is 12.1 Å². The highest BCUT2D eigenvalue weighted by molar-refractivity contribution is 8.13. The van der Waals surface area contributed by atoms with Crippen LogP contribution in [0.1, 0.15) is 12.0 Å². The normalized spacial score (nSPS) is 12.1. The molecule has 8 heteroatoms. The van der Waals surface area contributed by atoms with Crippen molar-refractivity contribution in [1.82, 2.24) is 4.98 Å². The molecule has 0 atom stereocenters. The fraction of sp³-hybridized carbons (Fsp3) is 0.167. The van der Waals surface area contributed by atoms with Gasteiger partial charge in [0.15, 0.2) is 5.03 Å². The maximum atomic E-state index is 12.3. The van der Waals surface area contributed by atoms with E-state index in [-0.39, 0.29) is 5.15 Å². The highest BCUT2D eigenvalue weighted by Gasteiger charge is 2.23. The second kappa shape index (κ2) is 3.96. The van der Waals surface area contributed by atoms with Crippen LogP contribution < -0.4 is 0 Å². The molecule has 0 aliphatic carbocycles. The lowest BCUT2D eigenvalue weighted by Gasteiger charge is -2.04. The molecule has 0 unspecified atom stereocenters. The van der Waals surface area contributed by atoms with Crippen LogP contribution in [0.3, 0.4) is 0 Å². The molecule has 0 bridgehead atoms. The number of hydrogen-bond acceptors (Lipinski definition) is 3. The van der Waals surface area contributed by atoms with E-state index in [9.17, 15) is 17.2 Å². The average molecular weight is 262 g/mol. The molecule has 0 radical (unpaired) electrons. The summed E-state index contributed by atoms with van der Waals surface area (Å²) in [6, 6.07) is 1.93. The highest BCUT2D eigenvalue weighted by atomic mass is 35.7. The lowest BCUT2D eigenvalue weighted by Crippen LogP contribution is -2.02. The molecular formula is C6H3Cl2F2NO2S. The maximum absolute atomic E-state index is 12.3. The van der Waals surface area contributed by atoms with Crippen molar-refractivity contribution < 1.29 is 17.2 Å². The van der Waals surface area contributed by atoms with Crippen molar-refractivity contribution in [1.29, 1.82) is 0 Å². The molecule has 0 aromatic carbocycles. The van der Waals surface area contributed by atoms with Crippen molar-refractivity contribution in [3.63, 3.8) is 0 Å². The Kier molecular flexibility index (Phi) is 3.28. The molecule has 1 aromatic heterocycles. The van der Waals surface area contributed by atoms with Gasteiger partial charge in [0.2, 0.25) is 0 Å². The molecule has 3 nitrogen and oxygen atoms in total. The molecule has 14 heavy (non-hydrogen) atoms. The van der Waals surface area contributed by atoms with Gasteiger partial charge in [0.05, 0.1) is 5.56 Å². The summed E-state index contributed by atoms with van der Waals surface area (Å²) in [5, 5.41) is -1.12. The Morgan fingerprint density at radius 3 is 2.36 bits per heavy atom. The van der Waals surface area contributed by atoms with Crippen molar-refractivity contribution in [2.24, 2.45) is 0 Å². The molecule has 1 rings (SSSR count). The predicted molar refractivity (Wildman–Crippen MR) is 47.2 cm³/mol. The van der Waals surface area contributed by atoms with Crippen molar-refractivity contribution in [2.45, 2.75) is 11.5 Å². The Balaban J connectivity index is 3.46. The Hall–Kier alpha value is -0.460. The van der Waals surface area contributed by atoms with Gasteiger partial charge in [-0.3, -0.25) is 0 Å². The van der Waals surface area contributed by atoms with E-state index in [1.165, 1.54) is 0 Å². The standard InChI is InChI=1S/C6H3Cl2F2NO2S/c7-4-2-1-3(5(9)10)6(11-4)14(8,12)13/h1-2,5H. The van der Waals surface area contributed by atoms with Gasteiger partial charge in [-0.2, -0.15) is 0 Å². The van der Waals surface area contributed by atoms with Gasteiger partial charge in [-0.1, -0.05) is 11.6 Å². The predicted octanol–water partition coefficient (Wildman–Crippen LogP) is 2.60. The Bertz CT molecular complexity index is 449. The first kappa shape index (κ1) is 11.6. The van der Waals surface area contributed by atoms with Crippen LogP contribution in [0.2, 0.25) is 5.15 Å². The summed E-state index contributed by atoms with van der Waals surface area (Å²) < 4.78 is 46.2. The van der Waals surface area contributed by atoms with E-state index in [4.69, 9.17) is 22.3 Å². The van der Waals surface area contributed by atoms with E-state index >= 15 is 0 Å². The van der Waals surface area contributed by atoms with E-state index in [0.29, 0.717) is 0 Å². The minimum Gasteiger partial charge on any atom is -0.223 e. The number of hydrogen-bond donors (Lipinski definition) is 0. The SMILES string of the molecule is O=S(=O)(Cl)c1nc(Cl)ccc1C(F)F. The molecule has 0 saturated carbocycles. The number of aromatic nitrogens is 1. The van der Waals surface area contributed by atoms with E-state index in [0.717, 1.165) is 12.1 Å². The lowest BCUT2D eigenvalue weighted by molar-refractivity contribution is 0.147. The fourth-order valence-corrected chi connectivity index (χ4v) is 2.00. The first-order valence-electron chi connectivity index (χ1n) is 3.21. The minimum absolute atomic E-state index is 0.214. The molecule has 0 fully saturated rings. The minimum atomic E-state index is -4.30. The van der Waals surface area contributed by atoms with Gasteiger partial charge in [-0.15, -0.1) is 0 Å². The van der Waals surface area contributed by atoms with Crippen LogP contribution in [-0.2, 0) is 9.05 Å². The van der Waals surface area contributed by atoms with E-state index in [1.54, 1.807) is 0 Å². The molecule has 0 amide bonds. The third kappa shape index (κ3) is 2.52. The summed E-state index contributed by atoms with van der Waals surface area (Å²) >= 11 is 5.35. The number of pyridine rings is 1. The van der Waals surface area contributed by atoms with Crippen molar-refractivity contribution in [2.75, 3.05) is 0 Å². The van der Waals surface area contributed by atoms with Crippen LogP contribution in [0.25, 0.3) is 0 Å². The third-order valence-corrected chi connectivity index (χ3v) is 2.76. The van der Waals surface area contributed by atoms with Crippen molar-refractivity contribution in [3.8, 4) is 0 Å². The quantitative estimate of drug-likeness (QED) is 0.608. The van der Waals surface area contributed by atoms with Crippen LogP contribution >= 0.6 is 22.3 Å². The van der Waals surface area contributed by atoms with Crippen molar-refractivity contribution >= 4 is 31.3 Å². The lowest BCUT2D eigenvalue weighted by atomic mass is 10.3. The zero-order valence-electron chi connectivity index (χ0n) is 6.42. The summed E-state index contributed by atoms with van der Waals surface area (Å²) in [5.74, 6) is 0. The van der Waals surface area contributed by atoms with E-state index in [2.05, 4.69) is 4.98 Å². The fourth-order valence-electron chi connectivity index (χ4n) is 0.790. The zero-order chi connectivity index (χ0) is 10.9. The van der Waals surface area contributed by atoms with Crippen LogP contribution in [0.5, 0.6) is 0 Å². The second-order valence-corrected chi connectivity index (χ2v) is 5.14. The summed E-state index contributed by atoms with van der Waals surface area (Å²) in [6.07, 6.45) is -2.97. The first-order valence-corrected chi connectivity index (χ1v) is 5.90. The maximum Gasteiger partial charge on any atom is 0.279 e. The van der Waals surface area contributed by atoms with Crippen LogP contribution in [-0.4, -0.2) is 13.4 Å². The van der Waals surface area contributed by atoms with Gasteiger partial charge >= 0.3 is 0 Å². The smallest absolute Gasteiger partial charge is 0.223 e. The second-order valence-electron chi connectivity index (χ2n) is 2.27. The molecule has 1 heterocycles. The highest BCUT2D eigenvalue weighted by Crippen LogP contribution is 2.28. The van der Waals surface area contributed by atoms with Gasteiger partial charge in [0, 0.05) is 10.7 Å². The molecule has 0 aliphatic heterocycles. The average Bonchev–Trinajstić information content (AvgIpc) is 2.01. The van der Waals surface area contributed by atoms with E-state index < -0.39 is 26.1 Å². The third-order valence-electron chi connectivity index (χ3n) is 1.32. The van der Waals surface area contributed by atoms with Crippen LogP contribution in [0.15, 0.2) is 17.2 Å². The first-order chi connectivity index (χ1) is 6.32. The summed E-state index contributed by atoms with van der Waals surface area (Å²) in [6.45, 7) is 0. The molecule has 0 spiro atoms. The summed E-state index contributed by atoms with van der Waals surface area (Å²) in [7, 11) is 0.593. The number of rotatable bonds is 2. The monoisotopic (exact) mass is 261 g/mol. The van der Waals surface area contributed by atoms with Gasteiger partial charge in [-0.25, -0.2) is 22.2 Å². The summed E-state index contributed by atoms with van der Waals surface area (Å²) in [4.78, 5) is 3.23. The molecule has 0 aliphatic rings. The number of alkyl halides is 2. The molecule has 0 N–H and O–H groups in total. The Morgan fingerprint density at radius 2 is 1.93 bits per heavy atom. The largest absolute Gasteiger partial charge is 0.279 e. The van der Waals surface area contributed by atoms with E-state index in [1.807, 2.05) is 0 Å². The Labute approximate surface area is 88.1 Å². The number of nitrogens with zero attached hydrogens (tertiary/aromatic N) is 1. The van der Waals surface area contributed by atoms with Crippen LogP contribution in [0.4, 0.5) is 8.78 Å². The molecule has 0 saturated heterocycles. The molecule has 1 aromatic rings. The zero-order valence-corrected chi connectivity index (χ0v) is 8.74.